The summed E-state index contributed by atoms with van der Waals surface area (Å²) in [6, 6.07) is 11.3. The molecule has 0 fully saturated rings. The number of nitrogens with one attached hydrogen (secondary N) is 1. The van der Waals surface area contributed by atoms with E-state index in [9.17, 15) is 4.79 Å². The van der Waals surface area contributed by atoms with Gasteiger partial charge in [0, 0.05) is 12.6 Å². The average molecular weight is 296 g/mol. The maximum Gasteiger partial charge on any atom is 0.224 e. The highest BCUT2D eigenvalue weighted by molar-refractivity contribution is 5.94. The van der Waals surface area contributed by atoms with E-state index in [-0.39, 0.29) is 5.91 Å². The highest BCUT2D eigenvalue weighted by Gasteiger charge is 2.07. The molecule has 3 rings (SSSR count). The maximum atomic E-state index is 12.1. The summed E-state index contributed by atoms with van der Waals surface area (Å²) in [6.07, 6.45) is 4.32. The van der Waals surface area contributed by atoms with Gasteiger partial charge in [0.15, 0.2) is 5.65 Å². The molecule has 0 aliphatic carbocycles. The number of aryl methyl sites for hydroxylation is 1. The van der Waals surface area contributed by atoms with Crippen LogP contribution in [-0.4, -0.2) is 27.6 Å². The van der Waals surface area contributed by atoms with Crippen LogP contribution in [0.15, 0.2) is 48.9 Å². The Morgan fingerprint density at radius 3 is 2.86 bits per heavy atom. The second-order valence-corrected chi connectivity index (χ2v) is 4.85. The lowest BCUT2D eigenvalue weighted by molar-refractivity contribution is -0.116. The van der Waals surface area contributed by atoms with Crippen LogP contribution in [0.5, 0.6) is 5.75 Å². The monoisotopic (exact) mass is 296 g/mol. The van der Waals surface area contributed by atoms with Gasteiger partial charge in [-0.25, -0.2) is 9.50 Å². The minimum Gasteiger partial charge on any atom is -0.497 e. The van der Waals surface area contributed by atoms with Crippen LogP contribution in [-0.2, 0) is 11.2 Å². The predicted octanol–water partition coefficient (Wildman–Crippen LogP) is 2.31. The first-order valence-electron chi connectivity index (χ1n) is 6.97. The Kier molecular flexibility index (Phi) is 4.00. The molecule has 6 nitrogen and oxygen atoms in total. The molecule has 0 aliphatic heterocycles. The zero-order valence-corrected chi connectivity index (χ0v) is 12.2. The third-order valence-corrected chi connectivity index (χ3v) is 3.38. The fourth-order valence-electron chi connectivity index (χ4n) is 2.21. The van der Waals surface area contributed by atoms with Crippen LogP contribution in [0.1, 0.15) is 12.0 Å². The number of methoxy groups -OCH3 is 1. The highest BCUT2D eigenvalue weighted by atomic mass is 16.5. The van der Waals surface area contributed by atoms with E-state index in [1.165, 1.54) is 6.33 Å². The first-order chi connectivity index (χ1) is 10.8. The number of anilines is 1. The molecule has 0 spiro atoms. The van der Waals surface area contributed by atoms with Gasteiger partial charge < -0.3 is 10.1 Å². The van der Waals surface area contributed by atoms with Gasteiger partial charge in [0.25, 0.3) is 0 Å². The summed E-state index contributed by atoms with van der Waals surface area (Å²) in [5, 5.41) is 6.92. The van der Waals surface area contributed by atoms with Crippen LogP contribution in [0.2, 0.25) is 0 Å². The number of fused-ring (bicyclic) bond motifs is 1. The largest absolute Gasteiger partial charge is 0.497 e. The number of benzene rings is 1. The fourth-order valence-corrected chi connectivity index (χ4v) is 2.21. The van der Waals surface area contributed by atoms with Crippen molar-refractivity contribution in [1.82, 2.24) is 14.6 Å². The Morgan fingerprint density at radius 2 is 2.09 bits per heavy atom. The topological polar surface area (TPSA) is 68.5 Å². The van der Waals surface area contributed by atoms with Gasteiger partial charge in [0.2, 0.25) is 5.91 Å². The van der Waals surface area contributed by atoms with Gasteiger partial charge in [-0.1, -0.05) is 12.1 Å². The first-order valence-corrected chi connectivity index (χ1v) is 6.97. The van der Waals surface area contributed by atoms with E-state index in [0.29, 0.717) is 24.2 Å². The number of rotatable bonds is 5. The molecule has 2 aromatic heterocycles. The van der Waals surface area contributed by atoms with Crippen molar-refractivity contribution in [2.24, 2.45) is 0 Å². The molecule has 0 atom stereocenters. The number of hydrogen-bond donors (Lipinski definition) is 1. The Morgan fingerprint density at radius 1 is 1.27 bits per heavy atom. The number of amides is 1. The molecule has 1 aromatic carbocycles. The number of carbonyl (C=O) groups excluding carboxylic acids is 1. The van der Waals surface area contributed by atoms with Crippen LogP contribution < -0.4 is 10.1 Å². The summed E-state index contributed by atoms with van der Waals surface area (Å²) in [7, 11) is 1.63. The van der Waals surface area contributed by atoms with Crippen molar-refractivity contribution in [3.63, 3.8) is 0 Å². The average Bonchev–Trinajstić information content (AvgIpc) is 3.03. The molecule has 3 aromatic rings. The Bertz CT molecular complexity index is 780. The summed E-state index contributed by atoms with van der Waals surface area (Å²) in [5.74, 6) is 0.763. The molecule has 0 saturated carbocycles. The smallest absolute Gasteiger partial charge is 0.224 e. The van der Waals surface area contributed by atoms with E-state index >= 15 is 0 Å². The summed E-state index contributed by atoms with van der Waals surface area (Å²) in [6.45, 7) is 0. The van der Waals surface area contributed by atoms with Gasteiger partial charge in [0.1, 0.15) is 12.1 Å². The summed E-state index contributed by atoms with van der Waals surface area (Å²) < 4.78 is 6.74. The van der Waals surface area contributed by atoms with Gasteiger partial charge in [-0.2, -0.15) is 5.10 Å². The van der Waals surface area contributed by atoms with E-state index in [1.807, 2.05) is 36.4 Å². The molecular weight excluding hydrogens is 280 g/mol. The number of ether oxygens (including phenoxy) is 1. The predicted molar refractivity (Wildman–Crippen MR) is 82.9 cm³/mol. The molecule has 2 heterocycles. The third kappa shape index (κ3) is 3.06. The summed E-state index contributed by atoms with van der Waals surface area (Å²) in [4.78, 5) is 16.2. The molecule has 0 bridgehead atoms. The molecule has 112 valence electrons. The highest BCUT2D eigenvalue weighted by Crippen LogP contribution is 2.15. The van der Waals surface area contributed by atoms with Gasteiger partial charge in [-0.15, -0.1) is 0 Å². The Hall–Kier alpha value is -2.89. The number of carbonyl (C=O) groups is 1. The Labute approximate surface area is 127 Å². The molecule has 0 radical (unpaired) electrons. The Balaban J connectivity index is 1.61. The van der Waals surface area contributed by atoms with Crippen LogP contribution in [0.25, 0.3) is 5.65 Å². The third-order valence-electron chi connectivity index (χ3n) is 3.38. The summed E-state index contributed by atoms with van der Waals surface area (Å²) >= 11 is 0. The van der Waals surface area contributed by atoms with E-state index in [0.717, 1.165) is 11.3 Å². The second-order valence-electron chi connectivity index (χ2n) is 4.85. The fraction of sp³-hybridized carbons (Fsp3) is 0.188. The number of pyridine rings is 1. The minimum absolute atomic E-state index is 0.0491. The van der Waals surface area contributed by atoms with Crippen molar-refractivity contribution in [2.75, 3.05) is 12.4 Å². The van der Waals surface area contributed by atoms with Crippen molar-refractivity contribution in [3.05, 3.63) is 54.5 Å². The van der Waals surface area contributed by atoms with E-state index in [2.05, 4.69) is 15.4 Å². The maximum absolute atomic E-state index is 12.1. The SMILES string of the molecule is COc1ccc(CCC(=O)Nc2cccn3ncnc23)cc1. The standard InChI is InChI=1S/C16H16N4O2/c1-22-13-7-4-12(5-8-13)6-9-15(21)19-14-3-2-10-20-16(14)17-11-18-20/h2-5,7-8,10-11H,6,9H2,1H3,(H,19,21). The van der Waals surface area contributed by atoms with Gasteiger partial charge in [-0.05, 0) is 36.2 Å². The summed E-state index contributed by atoms with van der Waals surface area (Å²) in [5.41, 5.74) is 2.40. The van der Waals surface area contributed by atoms with E-state index in [4.69, 9.17) is 4.74 Å². The van der Waals surface area contributed by atoms with Crippen LogP contribution >= 0.6 is 0 Å². The minimum atomic E-state index is -0.0491. The molecular formula is C16H16N4O2. The first kappa shape index (κ1) is 14.1. The van der Waals surface area contributed by atoms with Gasteiger partial charge in [-0.3, -0.25) is 4.79 Å². The van der Waals surface area contributed by atoms with E-state index in [1.54, 1.807) is 17.8 Å². The zero-order valence-electron chi connectivity index (χ0n) is 12.2. The van der Waals surface area contributed by atoms with Gasteiger partial charge >= 0.3 is 0 Å². The number of hydrogen-bond acceptors (Lipinski definition) is 4. The van der Waals surface area contributed by atoms with Crippen molar-refractivity contribution in [1.29, 1.82) is 0 Å². The molecule has 1 N–H and O–H groups in total. The van der Waals surface area contributed by atoms with E-state index < -0.39 is 0 Å². The lowest BCUT2D eigenvalue weighted by Gasteiger charge is -2.06. The van der Waals surface area contributed by atoms with Gasteiger partial charge in [0.05, 0.1) is 12.8 Å². The van der Waals surface area contributed by atoms with Crippen molar-refractivity contribution in [2.45, 2.75) is 12.8 Å². The molecule has 0 saturated heterocycles. The molecule has 22 heavy (non-hydrogen) atoms. The van der Waals surface area contributed by atoms with Crippen molar-refractivity contribution in [3.8, 4) is 5.75 Å². The van der Waals surface area contributed by atoms with Crippen molar-refractivity contribution < 1.29 is 9.53 Å². The quantitative estimate of drug-likeness (QED) is 0.784. The normalized spacial score (nSPS) is 10.6. The van der Waals surface area contributed by atoms with Crippen LogP contribution in [0, 0.1) is 0 Å². The molecule has 0 aliphatic rings. The molecule has 0 unspecified atom stereocenters. The zero-order chi connectivity index (χ0) is 15.4. The second kappa shape index (κ2) is 6.26. The molecule has 1 amide bonds. The number of nitrogens with zero attached hydrogens (tertiary/aromatic N) is 3. The van der Waals surface area contributed by atoms with Crippen LogP contribution in [0.3, 0.4) is 0 Å². The molecule has 6 heteroatoms. The lowest BCUT2D eigenvalue weighted by atomic mass is 10.1. The lowest BCUT2D eigenvalue weighted by Crippen LogP contribution is -2.13. The van der Waals surface area contributed by atoms with Crippen molar-refractivity contribution >= 4 is 17.2 Å². The van der Waals surface area contributed by atoms with Crippen LogP contribution in [0.4, 0.5) is 5.69 Å². The number of aromatic nitrogens is 3.